The zero-order valence-corrected chi connectivity index (χ0v) is 16.0. The predicted molar refractivity (Wildman–Crippen MR) is 116 cm³/mol. The number of rotatable bonds is 5. The summed E-state index contributed by atoms with van der Waals surface area (Å²) in [5.41, 5.74) is 7.12. The van der Waals surface area contributed by atoms with Gasteiger partial charge in [0.25, 0.3) is 0 Å². The number of allylic oxidation sites excluding steroid dienone is 3. The summed E-state index contributed by atoms with van der Waals surface area (Å²) in [6.45, 7) is 2.07. The highest BCUT2D eigenvalue weighted by atomic mass is 16.1. The number of benzene rings is 3. The van der Waals surface area contributed by atoms with Crippen LogP contribution in [-0.2, 0) is 0 Å². The molecule has 0 aromatic heterocycles. The summed E-state index contributed by atoms with van der Waals surface area (Å²) in [7, 11) is 0. The van der Waals surface area contributed by atoms with Crippen LogP contribution in [0.15, 0.2) is 102 Å². The molecule has 28 heavy (non-hydrogen) atoms. The van der Waals surface area contributed by atoms with Crippen LogP contribution in [0.1, 0.15) is 34.3 Å². The number of carbonyl (C=O) groups is 1. The van der Waals surface area contributed by atoms with Gasteiger partial charge in [-0.25, -0.2) is 0 Å². The average molecular weight is 365 g/mol. The van der Waals surface area contributed by atoms with Crippen molar-refractivity contribution in [1.82, 2.24) is 0 Å². The van der Waals surface area contributed by atoms with E-state index >= 15 is 0 Å². The normalized spacial score (nSPS) is 13.8. The Morgan fingerprint density at radius 3 is 2.11 bits per heavy atom. The summed E-state index contributed by atoms with van der Waals surface area (Å²) in [5.74, 6) is 0.0959. The minimum Gasteiger partial charge on any atom is -0.355 e. The van der Waals surface area contributed by atoms with Crippen LogP contribution in [0.2, 0.25) is 0 Å². The van der Waals surface area contributed by atoms with Gasteiger partial charge in [-0.05, 0) is 49.1 Å². The van der Waals surface area contributed by atoms with Crippen LogP contribution in [0, 0.1) is 6.92 Å². The zero-order chi connectivity index (χ0) is 19.3. The number of nitrogens with one attached hydrogen (secondary N) is 1. The van der Waals surface area contributed by atoms with E-state index in [2.05, 4.69) is 66.8 Å². The van der Waals surface area contributed by atoms with Gasteiger partial charge in [0.15, 0.2) is 5.78 Å². The highest BCUT2D eigenvalue weighted by Gasteiger charge is 2.21. The Balaban J connectivity index is 1.75. The van der Waals surface area contributed by atoms with Crippen molar-refractivity contribution < 1.29 is 4.79 Å². The first-order valence-electron chi connectivity index (χ1n) is 9.63. The summed E-state index contributed by atoms with van der Waals surface area (Å²) in [5, 5.41) is 3.49. The number of hydrogen-bond acceptors (Lipinski definition) is 2. The quantitative estimate of drug-likeness (QED) is 0.529. The molecule has 1 aliphatic rings. The monoisotopic (exact) mass is 365 g/mol. The molecule has 3 aromatic rings. The van der Waals surface area contributed by atoms with Gasteiger partial charge in [0.05, 0.1) is 0 Å². The summed E-state index contributed by atoms with van der Waals surface area (Å²) < 4.78 is 0. The lowest BCUT2D eigenvalue weighted by Crippen LogP contribution is -2.14. The van der Waals surface area contributed by atoms with Crippen molar-refractivity contribution in [1.29, 1.82) is 0 Å². The van der Waals surface area contributed by atoms with Crippen LogP contribution in [-0.4, -0.2) is 5.78 Å². The van der Waals surface area contributed by atoms with E-state index in [0.29, 0.717) is 0 Å². The molecule has 0 amide bonds. The van der Waals surface area contributed by atoms with Gasteiger partial charge in [-0.1, -0.05) is 78.4 Å². The van der Waals surface area contributed by atoms with E-state index in [1.807, 2.05) is 36.4 Å². The minimum absolute atomic E-state index is 0.0959. The largest absolute Gasteiger partial charge is 0.355 e. The highest BCUT2D eigenvalue weighted by Crippen LogP contribution is 2.32. The highest BCUT2D eigenvalue weighted by molar-refractivity contribution is 6.10. The van der Waals surface area contributed by atoms with Crippen molar-refractivity contribution in [2.45, 2.75) is 19.8 Å². The Labute approximate surface area is 166 Å². The second-order valence-corrected chi connectivity index (χ2v) is 7.11. The van der Waals surface area contributed by atoms with Crippen LogP contribution in [0.5, 0.6) is 0 Å². The van der Waals surface area contributed by atoms with Gasteiger partial charge >= 0.3 is 0 Å². The summed E-state index contributed by atoms with van der Waals surface area (Å²) in [4.78, 5) is 13.2. The van der Waals surface area contributed by atoms with Crippen LogP contribution in [0.4, 0.5) is 5.69 Å². The van der Waals surface area contributed by atoms with Gasteiger partial charge in [0, 0.05) is 22.5 Å². The number of anilines is 1. The Bertz CT molecular complexity index is 1030. The van der Waals surface area contributed by atoms with Crippen molar-refractivity contribution in [3.8, 4) is 0 Å². The Kier molecular flexibility index (Phi) is 5.20. The second kappa shape index (κ2) is 8.10. The van der Waals surface area contributed by atoms with Gasteiger partial charge < -0.3 is 5.32 Å². The molecule has 1 N–H and O–H groups in total. The van der Waals surface area contributed by atoms with E-state index in [9.17, 15) is 4.79 Å². The van der Waals surface area contributed by atoms with E-state index < -0.39 is 0 Å². The third-order valence-electron chi connectivity index (χ3n) is 5.07. The Morgan fingerprint density at radius 2 is 1.43 bits per heavy atom. The molecule has 0 spiro atoms. The first-order valence-corrected chi connectivity index (χ1v) is 9.63. The van der Waals surface area contributed by atoms with Gasteiger partial charge in [-0.3, -0.25) is 4.79 Å². The fourth-order valence-electron chi connectivity index (χ4n) is 3.51. The lowest BCUT2D eigenvalue weighted by atomic mass is 9.87. The van der Waals surface area contributed by atoms with Crippen LogP contribution < -0.4 is 5.32 Å². The third-order valence-corrected chi connectivity index (χ3v) is 5.07. The van der Waals surface area contributed by atoms with Gasteiger partial charge in [0.1, 0.15) is 0 Å². The Hall–Kier alpha value is -3.39. The molecule has 0 radical (unpaired) electrons. The summed E-state index contributed by atoms with van der Waals surface area (Å²) in [6, 6.07) is 28.2. The molecule has 2 heteroatoms. The number of Topliss-reactive ketones (excluding diaryl/α,β-unsaturated/α-hetero) is 1. The topological polar surface area (TPSA) is 29.1 Å². The molecule has 4 rings (SSSR count). The molecule has 0 aliphatic heterocycles. The van der Waals surface area contributed by atoms with Crippen molar-refractivity contribution >= 4 is 17.0 Å². The van der Waals surface area contributed by atoms with Crippen LogP contribution in [0.25, 0.3) is 5.57 Å². The van der Waals surface area contributed by atoms with Gasteiger partial charge in [0.2, 0.25) is 0 Å². The maximum Gasteiger partial charge on any atom is 0.191 e. The van der Waals surface area contributed by atoms with E-state index in [4.69, 9.17) is 0 Å². The molecule has 2 nitrogen and oxygen atoms in total. The Morgan fingerprint density at radius 1 is 0.786 bits per heavy atom. The van der Waals surface area contributed by atoms with Crippen LogP contribution >= 0.6 is 0 Å². The molecule has 0 fully saturated rings. The molecular formula is C26H23NO. The second-order valence-electron chi connectivity index (χ2n) is 7.11. The average Bonchev–Trinajstić information content (AvgIpc) is 2.76. The predicted octanol–water partition coefficient (Wildman–Crippen LogP) is 6.42. The fourth-order valence-corrected chi connectivity index (χ4v) is 3.51. The molecule has 0 atom stereocenters. The lowest BCUT2D eigenvalue weighted by Gasteiger charge is -2.21. The molecule has 0 heterocycles. The van der Waals surface area contributed by atoms with E-state index in [1.54, 1.807) is 0 Å². The van der Waals surface area contributed by atoms with Crippen molar-refractivity contribution in [3.63, 3.8) is 0 Å². The molecule has 0 saturated heterocycles. The van der Waals surface area contributed by atoms with Gasteiger partial charge in [-0.15, -0.1) is 0 Å². The number of aryl methyl sites for hydroxylation is 1. The third kappa shape index (κ3) is 3.96. The molecule has 0 unspecified atom stereocenters. The summed E-state index contributed by atoms with van der Waals surface area (Å²) in [6.07, 6.45) is 3.72. The first-order chi connectivity index (χ1) is 13.7. The maximum atomic E-state index is 13.2. The van der Waals surface area contributed by atoms with Crippen LogP contribution in [0.3, 0.4) is 0 Å². The zero-order valence-electron chi connectivity index (χ0n) is 16.0. The number of ketones is 1. The van der Waals surface area contributed by atoms with E-state index in [0.717, 1.165) is 35.4 Å². The molecular weight excluding hydrogens is 342 g/mol. The molecule has 1 aliphatic carbocycles. The maximum absolute atomic E-state index is 13.2. The molecule has 3 aromatic carbocycles. The van der Waals surface area contributed by atoms with Crippen molar-refractivity contribution in [2.75, 3.05) is 5.32 Å². The van der Waals surface area contributed by atoms with Crippen molar-refractivity contribution in [3.05, 3.63) is 119 Å². The molecule has 0 bridgehead atoms. The number of carbonyl (C=O) groups excluding carboxylic acids is 1. The standard InChI is InChI=1S/C26H23NO/c1-19-12-15-23(16-13-19)27-25-18-22(20-8-4-2-5-9-20)14-17-24(25)26(28)21-10-6-3-7-11-21/h2-13,15-16,18,27H,14,17H2,1H3. The van der Waals surface area contributed by atoms with Gasteiger partial charge in [-0.2, -0.15) is 0 Å². The molecule has 0 saturated carbocycles. The van der Waals surface area contributed by atoms with Crippen molar-refractivity contribution in [2.24, 2.45) is 0 Å². The van der Waals surface area contributed by atoms with E-state index in [1.165, 1.54) is 16.7 Å². The summed E-state index contributed by atoms with van der Waals surface area (Å²) >= 11 is 0. The minimum atomic E-state index is 0.0959. The number of hydrogen-bond donors (Lipinski definition) is 1. The smallest absolute Gasteiger partial charge is 0.191 e. The molecule has 138 valence electrons. The van der Waals surface area contributed by atoms with E-state index in [-0.39, 0.29) is 5.78 Å². The lowest BCUT2D eigenvalue weighted by molar-refractivity contribution is 0.103. The fraction of sp³-hybridized carbons (Fsp3) is 0.115. The SMILES string of the molecule is Cc1ccc(NC2=C(C(=O)c3ccccc3)CCC(c3ccccc3)=C2)cc1. The first kappa shape index (κ1) is 18.0.